The molecule has 366 valence electrons. The van der Waals surface area contributed by atoms with E-state index in [0.717, 1.165) is 51.8 Å². The van der Waals surface area contributed by atoms with E-state index in [0.29, 0.717) is 80.0 Å². The van der Waals surface area contributed by atoms with Gasteiger partial charge < -0.3 is 29.6 Å². The van der Waals surface area contributed by atoms with E-state index in [-0.39, 0.29) is 31.9 Å². The SMILES string of the molecule is CC(C)N(CCCCOS(N)(=O)=O)CCn1c(Cc2cc3c(cc2I)OCO3)nc2c(N)nc(F)nc21.CC(C)N(CCO)CCCCOC(c1ccccc1)(c1ccccc1)c1ccccc1. The highest BCUT2D eigenvalue weighted by atomic mass is 127. The quantitative estimate of drug-likeness (QED) is 0.0232. The first-order valence-corrected chi connectivity index (χ1v) is 25.6. The Balaban J connectivity index is 0.000000228. The van der Waals surface area contributed by atoms with Gasteiger partial charge in [0.25, 0.3) is 0 Å². The zero-order valence-corrected chi connectivity index (χ0v) is 42.2. The molecule has 0 saturated carbocycles. The van der Waals surface area contributed by atoms with Gasteiger partial charge in [0.2, 0.25) is 6.79 Å². The molecule has 5 N–H and O–H groups in total. The van der Waals surface area contributed by atoms with Crippen molar-refractivity contribution in [2.45, 2.75) is 84.0 Å². The Labute approximate surface area is 413 Å². The number of benzene rings is 4. The molecule has 6 aromatic rings. The number of halogens is 2. The van der Waals surface area contributed by atoms with Crippen LogP contribution in [-0.4, -0.2) is 108 Å². The van der Waals surface area contributed by atoms with Crippen LogP contribution in [0.15, 0.2) is 103 Å². The van der Waals surface area contributed by atoms with Crippen LogP contribution in [0, 0.1) is 9.65 Å². The number of anilines is 1. The molecule has 0 saturated heterocycles. The van der Waals surface area contributed by atoms with Gasteiger partial charge in [0, 0.05) is 48.3 Å². The monoisotopic (exact) mass is 1070 g/mol. The number of unbranched alkanes of at least 4 members (excludes halogenated alkanes) is 2. The Kier molecular flexibility index (Phi) is 19.5. The summed E-state index contributed by atoms with van der Waals surface area (Å²) in [7, 11) is -3.94. The normalized spacial score (nSPS) is 12.7. The summed E-state index contributed by atoms with van der Waals surface area (Å²) in [6, 6.07) is 36.0. The van der Waals surface area contributed by atoms with Crippen LogP contribution in [0.4, 0.5) is 10.2 Å². The summed E-state index contributed by atoms with van der Waals surface area (Å²) in [5.74, 6) is 2.02. The zero-order chi connectivity index (χ0) is 48.7. The Morgan fingerprint density at radius 2 is 1.31 bits per heavy atom. The third-order valence-electron chi connectivity index (χ3n) is 11.8. The van der Waals surface area contributed by atoms with Gasteiger partial charge >= 0.3 is 16.4 Å². The predicted molar refractivity (Wildman–Crippen MR) is 271 cm³/mol. The molecule has 3 heterocycles. The van der Waals surface area contributed by atoms with Crippen LogP contribution in [0.25, 0.3) is 11.2 Å². The fourth-order valence-electron chi connectivity index (χ4n) is 8.29. The predicted octanol–water partition coefficient (Wildman–Crippen LogP) is 7.66. The van der Waals surface area contributed by atoms with Crippen molar-refractivity contribution in [1.29, 1.82) is 0 Å². The summed E-state index contributed by atoms with van der Waals surface area (Å²) < 4.78 is 61.3. The van der Waals surface area contributed by atoms with Crippen LogP contribution >= 0.6 is 22.6 Å². The number of nitrogens with zero attached hydrogens (tertiary/aromatic N) is 6. The Hall–Kier alpha value is -4.80. The van der Waals surface area contributed by atoms with E-state index in [2.05, 4.69) is 152 Å². The first-order chi connectivity index (χ1) is 32.7. The van der Waals surface area contributed by atoms with Crippen LogP contribution in [0.3, 0.4) is 0 Å². The highest BCUT2D eigenvalue weighted by molar-refractivity contribution is 14.1. The number of hydrogen-bond acceptors (Lipinski definition) is 13. The maximum atomic E-state index is 14.1. The molecule has 1 aliphatic heterocycles. The molecular formula is C50H64FIN8O7S. The number of aliphatic hydroxyl groups is 1. The van der Waals surface area contributed by atoms with Gasteiger partial charge in [-0.05, 0) is 123 Å². The van der Waals surface area contributed by atoms with E-state index >= 15 is 0 Å². The van der Waals surface area contributed by atoms with Gasteiger partial charge in [-0.1, -0.05) is 91.0 Å². The van der Waals surface area contributed by atoms with Crippen molar-refractivity contribution in [1.82, 2.24) is 29.3 Å². The molecule has 7 rings (SSSR count). The lowest BCUT2D eigenvalue weighted by atomic mass is 9.80. The lowest BCUT2D eigenvalue weighted by Gasteiger charge is -2.36. The summed E-state index contributed by atoms with van der Waals surface area (Å²) in [4.78, 5) is 16.9. The fraction of sp³-hybridized carbons (Fsp3) is 0.420. The van der Waals surface area contributed by atoms with Crippen LogP contribution in [0.5, 0.6) is 11.5 Å². The second kappa shape index (κ2) is 25.2. The summed E-state index contributed by atoms with van der Waals surface area (Å²) >= 11 is 2.24. The van der Waals surface area contributed by atoms with Crippen LogP contribution in [-0.2, 0) is 37.8 Å². The lowest BCUT2D eigenvalue weighted by Crippen LogP contribution is -2.35. The molecule has 0 atom stereocenters. The fourth-order valence-corrected chi connectivity index (χ4v) is 9.27. The highest BCUT2D eigenvalue weighted by Gasteiger charge is 2.37. The van der Waals surface area contributed by atoms with Gasteiger partial charge in [-0.3, -0.25) is 14.0 Å². The third-order valence-corrected chi connectivity index (χ3v) is 13.3. The van der Waals surface area contributed by atoms with Crippen molar-refractivity contribution in [2.75, 3.05) is 58.5 Å². The summed E-state index contributed by atoms with van der Waals surface area (Å²) in [5.41, 5.74) is 10.4. The lowest BCUT2D eigenvalue weighted by molar-refractivity contribution is 0.00947. The molecule has 4 aromatic carbocycles. The number of rotatable bonds is 24. The topological polar surface area (TPSA) is 193 Å². The molecule has 0 amide bonds. The molecule has 1 aliphatic rings. The maximum Gasteiger partial charge on any atom is 0.333 e. The molecule has 18 heteroatoms. The molecule has 0 fully saturated rings. The van der Waals surface area contributed by atoms with Crippen LogP contribution < -0.4 is 20.3 Å². The Morgan fingerprint density at radius 1 is 0.779 bits per heavy atom. The van der Waals surface area contributed by atoms with Crippen molar-refractivity contribution in [3.8, 4) is 11.5 Å². The van der Waals surface area contributed by atoms with Gasteiger partial charge in [0.15, 0.2) is 28.5 Å². The van der Waals surface area contributed by atoms with Crippen molar-refractivity contribution >= 4 is 49.9 Å². The van der Waals surface area contributed by atoms with E-state index in [1.807, 2.05) is 34.9 Å². The molecule has 0 spiro atoms. The molecule has 15 nitrogen and oxygen atoms in total. The van der Waals surface area contributed by atoms with E-state index in [9.17, 15) is 17.9 Å². The van der Waals surface area contributed by atoms with Gasteiger partial charge in [-0.2, -0.15) is 22.8 Å². The molecule has 0 unspecified atom stereocenters. The second-order valence-electron chi connectivity index (χ2n) is 17.0. The van der Waals surface area contributed by atoms with E-state index < -0.39 is 22.0 Å². The van der Waals surface area contributed by atoms with E-state index in [4.69, 9.17) is 25.1 Å². The summed E-state index contributed by atoms with van der Waals surface area (Å²) in [5, 5.41) is 14.2. The molecule has 0 bridgehead atoms. The number of aromatic nitrogens is 4. The van der Waals surface area contributed by atoms with E-state index in [1.54, 1.807) is 0 Å². The zero-order valence-electron chi connectivity index (χ0n) is 39.3. The number of nitrogens with two attached hydrogens (primary N) is 2. The number of aliphatic hydroxyl groups excluding tert-OH is 1. The molecular weight excluding hydrogens is 1000 g/mol. The van der Waals surface area contributed by atoms with Gasteiger partial charge in [-0.15, -0.1) is 0 Å². The van der Waals surface area contributed by atoms with Gasteiger partial charge in [0.1, 0.15) is 11.4 Å². The third kappa shape index (κ3) is 14.1. The summed E-state index contributed by atoms with van der Waals surface area (Å²) in [6.07, 6.45) is 2.78. The minimum Gasteiger partial charge on any atom is -0.454 e. The number of imidazole rings is 1. The minimum absolute atomic E-state index is 0.0153. The van der Waals surface area contributed by atoms with Gasteiger partial charge in [-0.25, -0.2) is 10.1 Å². The van der Waals surface area contributed by atoms with Crippen LogP contribution in [0.2, 0.25) is 0 Å². The Morgan fingerprint density at radius 3 is 1.84 bits per heavy atom. The second-order valence-corrected chi connectivity index (χ2v) is 19.4. The van der Waals surface area contributed by atoms with Crippen molar-refractivity contribution in [3.63, 3.8) is 0 Å². The average Bonchev–Trinajstić information content (AvgIpc) is 3.92. The standard InChI is InChI=1S/C28H35NO2.C22H29FIN7O5S/c1-24(2)29(21-22-30)20-12-13-23-31-28(25-14-6-3-7-15-25,26-16-8-4-9-17-26)27-18-10-5-11-19-27;1-13(2)30(5-3-4-8-36-37(26,32)33)6-7-31-18(27-19-20(25)28-22(23)29-21(19)31)10-14-9-16-17(11-15(14)24)35-12-34-16/h3-11,14-19,24,30H,12-13,20-23H2,1-2H3;9,11,13H,3-8,10,12H2,1-2H3,(H2,25,28,29)(H2,26,32,33). The largest absolute Gasteiger partial charge is 0.454 e. The van der Waals surface area contributed by atoms with E-state index in [1.165, 1.54) is 0 Å². The first kappa shape index (κ1) is 52.6. The van der Waals surface area contributed by atoms with Crippen molar-refractivity contribution in [3.05, 3.63) is 141 Å². The highest BCUT2D eigenvalue weighted by Crippen LogP contribution is 2.41. The molecule has 2 aromatic heterocycles. The molecule has 0 radical (unpaired) electrons. The smallest absolute Gasteiger partial charge is 0.333 e. The number of fused-ring (bicyclic) bond motifs is 2. The maximum absolute atomic E-state index is 14.1. The number of nitrogen functional groups attached to an aromatic ring is 1. The average molecular weight is 1070 g/mol. The minimum atomic E-state index is -3.94. The first-order valence-electron chi connectivity index (χ1n) is 23.0. The Bertz CT molecular complexity index is 2520. The van der Waals surface area contributed by atoms with Crippen molar-refractivity contribution < 1.29 is 36.3 Å². The van der Waals surface area contributed by atoms with Crippen LogP contribution in [0.1, 0.15) is 81.5 Å². The van der Waals surface area contributed by atoms with Gasteiger partial charge in [0.05, 0.1) is 13.2 Å². The number of hydrogen-bond donors (Lipinski definition) is 3. The summed E-state index contributed by atoms with van der Waals surface area (Å²) in [6.45, 7) is 13.1. The molecule has 0 aliphatic carbocycles. The molecule has 68 heavy (non-hydrogen) atoms. The van der Waals surface area contributed by atoms with Crippen molar-refractivity contribution in [2.24, 2.45) is 5.14 Å². The number of ether oxygens (including phenoxy) is 3.